The second-order valence-electron chi connectivity index (χ2n) is 5.16. The van der Waals surface area contributed by atoms with Crippen molar-refractivity contribution in [1.29, 1.82) is 0 Å². The van der Waals surface area contributed by atoms with Crippen molar-refractivity contribution in [3.8, 4) is 5.88 Å². The molecule has 3 N–H and O–H groups in total. The van der Waals surface area contributed by atoms with E-state index in [0.29, 0.717) is 18.2 Å². The van der Waals surface area contributed by atoms with Gasteiger partial charge in [-0.25, -0.2) is 19.6 Å². The molecule has 8 nitrogen and oxygen atoms in total. The first-order valence-electron chi connectivity index (χ1n) is 6.82. The second kappa shape index (κ2) is 7.09. The summed E-state index contributed by atoms with van der Waals surface area (Å²) in [4.78, 5) is 12.5. The van der Waals surface area contributed by atoms with Crippen molar-refractivity contribution in [3.05, 3.63) is 30.2 Å². The Balaban J connectivity index is 2.17. The van der Waals surface area contributed by atoms with Gasteiger partial charge in [0, 0.05) is 19.0 Å². The van der Waals surface area contributed by atoms with Gasteiger partial charge in [-0.1, -0.05) is 13.8 Å². The van der Waals surface area contributed by atoms with E-state index >= 15 is 0 Å². The molecule has 0 aliphatic rings. The molecule has 0 spiro atoms. The molecule has 21 heavy (non-hydrogen) atoms. The fourth-order valence-corrected chi connectivity index (χ4v) is 2.03. The van der Waals surface area contributed by atoms with Crippen molar-refractivity contribution in [2.24, 2.45) is 11.8 Å². The maximum Gasteiger partial charge on any atom is 0.216 e. The van der Waals surface area contributed by atoms with Gasteiger partial charge >= 0.3 is 0 Å². The fraction of sp³-hybridized carbons (Fsp3) is 0.538. The molecule has 0 aromatic carbocycles. The number of nitrogens with two attached hydrogens (primary N) is 1. The van der Waals surface area contributed by atoms with Gasteiger partial charge in [-0.2, -0.15) is 5.10 Å². The van der Waals surface area contributed by atoms with Crippen LogP contribution in [0.25, 0.3) is 0 Å². The highest BCUT2D eigenvalue weighted by Crippen LogP contribution is 2.17. The van der Waals surface area contributed by atoms with Crippen molar-refractivity contribution in [2.75, 3.05) is 7.11 Å². The third-order valence-electron chi connectivity index (χ3n) is 3.05. The fourth-order valence-electron chi connectivity index (χ4n) is 2.03. The molecule has 2 aromatic heterocycles. The van der Waals surface area contributed by atoms with Crippen LogP contribution in [-0.4, -0.2) is 31.8 Å². The molecule has 2 aromatic rings. The molecule has 114 valence electrons. The maximum absolute atomic E-state index is 5.66. The molecule has 0 aliphatic heterocycles. The number of hydrogen-bond acceptors (Lipinski definition) is 7. The molecule has 0 radical (unpaired) electrons. The quantitative estimate of drug-likeness (QED) is 0.564. The highest BCUT2D eigenvalue weighted by Gasteiger charge is 2.17. The lowest BCUT2D eigenvalue weighted by molar-refractivity contribution is 0.393. The Morgan fingerprint density at radius 2 is 2.10 bits per heavy atom. The molecule has 0 fully saturated rings. The lowest BCUT2D eigenvalue weighted by Gasteiger charge is -2.16. The van der Waals surface area contributed by atoms with Crippen LogP contribution in [0.4, 0.5) is 0 Å². The summed E-state index contributed by atoms with van der Waals surface area (Å²) in [6.07, 6.45) is 3.60. The Hall–Kier alpha value is -2.06. The Kier molecular flexibility index (Phi) is 5.18. The Morgan fingerprint density at radius 1 is 1.29 bits per heavy atom. The normalized spacial score (nSPS) is 12.6. The van der Waals surface area contributed by atoms with E-state index in [-0.39, 0.29) is 6.04 Å². The zero-order chi connectivity index (χ0) is 15.2. The number of ether oxygens (including phenoxy) is 1. The van der Waals surface area contributed by atoms with Gasteiger partial charge in [0.15, 0.2) is 0 Å². The van der Waals surface area contributed by atoms with Crippen molar-refractivity contribution in [1.82, 2.24) is 30.2 Å². The number of hydrazine groups is 1. The largest absolute Gasteiger partial charge is 0.481 e. The Morgan fingerprint density at radius 3 is 2.76 bits per heavy atom. The topological polar surface area (TPSA) is 104 Å². The predicted octanol–water partition coefficient (Wildman–Crippen LogP) is 0.480. The van der Waals surface area contributed by atoms with Gasteiger partial charge in [0.1, 0.15) is 18.5 Å². The van der Waals surface area contributed by atoms with Crippen LogP contribution in [0.1, 0.15) is 31.4 Å². The lowest BCUT2D eigenvalue weighted by atomic mass is 10.1. The first kappa shape index (κ1) is 15.3. The highest BCUT2D eigenvalue weighted by atomic mass is 16.5. The lowest BCUT2D eigenvalue weighted by Crippen LogP contribution is -2.31. The molecule has 2 rings (SSSR count). The van der Waals surface area contributed by atoms with Crippen LogP contribution in [0.15, 0.2) is 18.7 Å². The zero-order valence-electron chi connectivity index (χ0n) is 12.5. The molecule has 1 atom stereocenters. The molecular weight excluding hydrogens is 270 g/mol. The number of nitrogens with one attached hydrogen (secondary N) is 1. The Bertz CT molecular complexity index is 569. The second-order valence-corrected chi connectivity index (χ2v) is 5.16. The molecule has 0 amide bonds. The van der Waals surface area contributed by atoms with Gasteiger partial charge in [0.2, 0.25) is 5.88 Å². The summed E-state index contributed by atoms with van der Waals surface area (Å²) in [6, 6.07) is 1.57. The molecule has 2 heterocycles. The van der Waals surface area contributed by atoms with Gasteiger partial charge in [-0.3, -0.25) is 11.3 Å². The van der Waals surface area contributed by atoms with Gasteiger partial charge in [0.05, 0.1) is 18.8 Å². The third kappa shape index (κ3) is 3.96. The molecule has 1 unspecified atom stereocenters. The number of nitrogens with zero attached hydrogens (tertiary/aromatic N) is 5. The summed E-state index contributed by atoms with van der Waals surface area (Å²) in [5, 5.41) is 4.25. The number of hydrogen-bond donors (Lipinski definition) is 2. The zero-order valence-corrected chi connectivity index (χ0v) is 12.5. The van der Waals surface area contributed by atoms with E-state index in [2.05, 4.69) is 39.3 Å². The van der Waals surface area contributed by atoms with Crippen LogP contribution in [0.3, 0.4) is 0 Å². The standard InChI is InChI=1S/C13H21N7O/c1-9(2)6-20-12(16-8-18-20)4-11(19-14)10-5-13(21-3)17-7-15-10/h5,7-9,11,19H,4,6,14H2,1-3H3. The maximum atomic E-state index is 5.66. The van der Waals surface area contributed by atoms with Crippen molar-refractivity contribution in [3.63, 3.8) is 0 Å². The van der Waals surface area contributed by atoms with Crippen LogP contribution < -0.4 is 16.0 Å². The van der Waals surface area contributed by atoms with Crippen LogP contribution in [0.5, 0.6) is 5.88 Å². The van der Waals surface area contributed by atoms with Crippen molar-refractivity contribution >= 4 is 0 Å². The summed E-state index contributed by atoms with van der Waals surface area (Å²) < 4.78 is 7.00. The summed E-state index contributed by atoms with van der Waals surface area (Å²) >= 11 is 0. The number of rotatable bonds is 7. The van der Waals surface area contributed by atoms with Gasteiger partial charge in [0.25, 0.3) is 0 Å². The van der Waals surface area contributed by atoms with Crippen molar-refractivity contribution < 1.29 is 4.74 Å². The van der Waals surface area contributed by atoms with Crippen LogP contribution in [-0.2, 0) is 13.0 Å². The van der Waals surface area contributed by atoms with Gasteiger partial charge < -0.3 is 4.74 Å². The minimum absolute atomic E-state index is 0.183. The monoisotopic (exact) mass is 291 g/mol. The third-order valence-corrected chi connectivity index (χ3v) is 3.05. The summed E-state index contributed by atoms with van der Waals surface area (Å²) in [5.74, 6) is 7.52. The Labute approximate surface area is 123 Å². The SMILES string of the molecule is COc1cc(C(Cc2ncnn2CC(C)C)NN)ncn1. The van der Waals surface area contributed by atoms with E-state index in [4.69, 9.17) is 10.6 Å². The van der Waals surface area contributed by atoms with Crippen LogP contribution in [0.2, 0.25) is 0 Å². The summed E-state index contributed by atoms with van der Waals surface area (Å²) in [6.45, 7) is 5.10. The van der Waals surface area contributed by atoms with Gasteiger partial charge in [-0.05, 0) is 5.92 Å². The van der Waals surface area contributed by atoms with Crippen LogP contribution >= 0.6 is 0 Å². The van der Waals surface area contributed by atoms with Gasteiger partial charge in [-0.15, -0.1) is 0 Å². The highest BCUT2D eigenvalue weighted by molar-refractivity contribution is 5.17. The van der Waals surface area contributed by atoms with E-state index in [1.165, 1.54) is 6.33 Å². The smallest absolute Gasteiger partial charge is 0.216 e. The van der Waals surface area contributed by atoms with Crippen LogP contribution in [0, 0.1) is 5.92 Å². The predicted molar refractivity (Wildman–Crippen MR) is 77.2 cm³/mol. The van der Waals surface area contributed by atoms with E-state index in [1.807, 2.05) is 4.68 Å². The number of aromatic nitrogens is 5. The first-order chi connectivity index (χ1) is 10.1. The summed E-state index contributed by atoms with van der Waals surface area (Å²) in [5.41, 5.74) is 3.51. The van der Waals surface area contributed by atoms with E-state index in [0.717, 1.165) is 18.1 Å². The molecular formula is C13H21N7O. The molecule has 8 heteroatoms. The first-order valence-corrected chi connectivity index (χ1v) is 6.82. The molecule has 0 saturated heterocycles. The average Bonchev–Trinajstić information content (AvgIpc) is 2.91. The average molecular weight is 291 g/mol. The van der Waals surface area contributed by atoms with E-state index in [9.17, 15) is 0 Å². The van der Waals surface area contributed by atoms with E-state index < -0.39 is 0 Å². The van der Waals surface area contributed by atoms with E-state index in [1.54, 1.807) is 19.5 Å². The minimum atomic E-state index is -0.183. The molecule has 0 aliphatic carbocycles. The van der Waals surface area contributed by atoms with Crippen molar-refractivity contribution in [2.45, 2.75) is 32.9 Å². The molecule has 0 bridgehead atoms. The number of methoxy groups -OCH3 is 1. The summed E-state index contributed by atoms with van der Waals surface area (Å²) in [7, 11) is 1.57. The minimum Gasteiger partial charge on any atom is -0.481 e. The molecule has 0 saturated carbocycles.